The molecule has 0 amide bonds. The van der Waals surface area contributed by atoms with Crippen molar-refractivity contribution in [3.05, 3.63) is 23.3 Å². The zero-order valence-electron chi connectivity index (χ0n) is 9.25. The molecule has 1 aliphatic carbocycles. The number of carbonyl (C=O) groups excluding carboxylic acids is 1. The van der Waals surface area contributed by atoms with Crippen molar-refractivity contribution < 1.29 is 4.79 Å². The molecule has 1 nitrogen and oxygen atoms in total. The molecule has 0 radical (unpaired) electrons. The number of allylic oxidation sites excluding steroid dienone is 4. The van der Waals surface area contributed by atoms with Crippen LogP contribution in [-0.2, 0) is 4.79 Å². The molecule has 0 heterocycles. The van der Waals surface area contributed by atoms with Crippen LogP contribution >= 0.6 is 0 Å². The zero-order valence-corrected chi connectivity index (χ0v) is 9.25. The van der Waals surface area contributed by atoms with Crippen molar-refractivity contribution in [2.75, 3.05) is 0 Å². The van der Waals surface area contributed by atoms with E-state index in [4.69, 9.17) is 0 Å². The minimum atomic E-state index is 0.800. The first-order valence-corrected chi connectivity index (χ1v) is 5.50. The highest BCUT2D eigenvalue weighted by Gasteiger charge is 2.12. The lowest BCUT2D eigenvalue weighted by Gasteiger charge is -2.18. The summed E-state index contributed by atoms with van der Waals surface area (Å²) in [6.07, 6.45) is 11.2. The molecule has 0 aromatic carbocycles. The zero-order chi connectivity index (χ0) is 10.4. The Balaban J connectivity index is 2.26. The molecule has 1 heteroatoms. The van der Waals surface area contributed by atoms with E-state index in [1.54, 1.807) is 0 Å². The van der Waals surface area contributed by atoms with E-state index in [-0.39, 0.29) is 0 Å². The van der Waals surface area contributed by atoms with E-state index in [2.05, 4.69) is 26.0 Å². The molecule has 0 aromatic heterocycles. The van der Waals surface area contributed by atoms with Gasteiger partial charge in [0.15, 0.2) is 0 Å². The Morgan fingerprint density at radius 2 is 2.36 bits per heavy atom. The maximum atomic E-state index is 10.5. The van der Waals surface area contributed by atoms with Crippen molar-refractivity contribution in [3.8, 4) is 0 Å². The summed E-state index contributed by atoms with van der Waals surface area (Å²) >= 11 is 0. The molecule has 0 N–H and O–H groups in total. The van der Waals surface area contributed by atoms with Gasteiger partial charge in [-0.1, -0.05) is 17.7 Å². The summed E-state index contributed by atoms with van der Waals surface area (Å²) in [5.74, 6) is 0.800. The van der Waals surface area contributed by atoms with Crippen molar-refractivity contribution >= 4 is 6.29 Å². The molecule has 1 aliphatic rings. The third kappa shape index (κ3) is 3.91. The lowest BCUT2D eigenvalue weighted by molar-refractivity contribution is -0.105. The number of hydrogen-bond donors (Lipinski definition) is 0. The fraction of sp³-hybridized carbons (Fsp3) is 0.615. The quantitative estimate of drug-likeness (QED) is 0.491. The molecular weight excluding hydrogens is 172 g/mol. The SMILES string of the molecule is CC(C)=CCC[C@@H]1CC=C(C=O)CC1. The third-order valence-electron chi connectivity index (χ3n) is 2.83. The van der Waals surface area contributed by atoms with E-state index in [0.29, 0.717) is 0 Å². The van der Waals surface area contributed by atoms with Crippen LogP contribution in [-0.4, -0.2) is 6.29 Å². The summed E-state index contributed by atoms with van der Waals surface area (Å²) in [6, 6.07) is 0. The van der Waals surface area contributed by atoms with Crippen LogP contribution in [0.2, 0.25) is 0 Å². The Hall–Kier alpha value is -0.850. The summed E-state index contributed by atoms with van der Waals surface area (Å²) in [5, 5.41) is 0. The van der Waals surface area contributed by atoms with Crippen molar-refractivity contribution in [2.45, 2.75) is 46.0 Å². The number of rotatable bonds is 4. The van der Waals surface area contributed by atoms with Crippen molar-refractivity contribution in [3.63, 3.8) is 0 Å². The van der Waals surface area contributed by atoms with Gasteiger partial charge in [-0.3, -0.25) is 4.79 Å². The number of hydrogen-bond acceptors (Lipinski definition) is 1. The van der Waals surface area contributed by atoms with E-state index in [9.17, 15) is 4.79 Å². The summed E-state index contributed by atoms with van der Waals surface area (Å²) in [7, 11) is 0. The molecule has 0 spiro atoms. The average molecular weight is 192 g/mol. The van der Waals surface area contributed by atoms with Gasteiger partial charge in [0, 0.05) is 0 Å². The van der Waals surface area contributed by atoms with Crippen molar-refractivity contribution in [1.82, 2.24) is 0 Å². The monoisotopic (exact) mass is 192 g/mol. The fourth-order valence-electron chi connectivity index (χ4n) is 1.89. The van der Waals surface area contributed by atoms with Gasteiger partial charge in [0.1, 0.15) is 6.29 Å². The second kappa shape index (κ2) is 5.79. The van der Waals surface area contributed by atoms with Crippen LogP contribution in [0.5, 0.6) is 0 Å². The highest BCUT2D eigenvalue weighted by Crippen LogP contribution is 2.26. The normalized spacial score (nSPS) is 21.3. The lowest BCUT2D eigenvalue weighted by Crippen LogP contribution is -2.05. The van der Waals surface area contributed by atoms with Gasteiger partial charge in [-0.25, -0.2) is 0 Å². The van der Waals surface area contributed by atoms with Gasteiger partial charge >= 0.3 is 0 Å². The van der Waals surface area contributed by atoms with Gasteiger partial charge in [0.2, 0.25) is 0 Å². The topological polar surface area (TPSA) is 17.1 Å². The molecule has 14 heavy (non-hydrogen) atoms. The van der Waals surface area contributed by atoms with Gasteiger partial charge in [-0.2, -0.15) is 0 Å². The molecule has 0 bridgehead atoms. The second-order valence-corrected chi connectivity index (χ2v) is 4.40. The Morgan fingerprint density at radius 3 is 2.86 bits per heavy atom. The Bertz CT molecular complexity index is 244. The summed E-state index contributed by atoms with van der Waals surface area (Å²) < 4.78 is 0. The predicted molar refractivity (Wildman–Crippen MR) is 60.2 cm³/mol. The molecular formula is C13H20O. The highest BCUT2D eigenvalue weighted by atomic mass is 16.1. The summed E-state index contributed by atoms with van der Waals surface area (Å²) in [4.78, 5) is 10.5. The number of aldehydes is 1. The van der Waals surface area contributed by atoms with Crippen LogP contribution in [0.1, 0.15) is 46.0 Å². The largest absolute Gasteiger partial charge is 0.298 e. The van der Waals surface area contributed by atoms with Crippen LogP contribution < -0.4 is 0 Å². The molecule has 0 saturated carbocycles. The maximum Gasteiger partial charge on any atom is 0.145 e. The maximum absolute atomic E-state index is 10.5. The minimum Gasteiger partial charge on any atom is -0.298 e. The summed E-state index contributed by atoms with van der Waals surface area (Å²) in [5.41, 5.74) is 2.41. The van der Waals surface area contributed by atoms with E-state index < -0.39 is 0 Å². The molecule has 78 valence electrons. The Labute approximate surface area is 86.9 Å². The molecule has 0 unspecified atom stereocenters. The van der Waals surface area contributed by atoms with Gasteiger partial charge in [0.25, 0.3) is 0 Å². The average Bonchev–Trinajstić information content (AvgIpc) is 2.18. The van der Waals surface area contributed by atoms with E-state index in [1.807, 2.05) is 0 Å². The lowest BCUT2D eigenvalue weighted by atomic mass is 9.87. The summed E-state index contributed by atoms with van der Waals surface area (Å²) in [6.45, 7) is 4.29. The van der Waals surface area contributed by atoms with Crippen molar-refractivity contribution in [2.24, 2.45) is 5.92 Å². The molecule has 0 saturated heterocycles. The van der Waals surface area contributed by atoms with Crippen LogP contribution in [0.4, 0.5) is 0 Å². The molecule has 0 aromatic rings. The van der Waals surface area contributed by atoms with E-state index >= 15 is 0 Å². The molecule has 1 rings (SSSR count). The minimum absolute atomic E-state index is 0.800. The van der Waals surface area contributed by atoms with Gasteiger partial charge in [0.05, 0.1) is 0 Å². The van der Waals surface area contributed by atoms with Crippen molar-refractivity contribution in [1.29, 1.82) is 0 Å². The van der Waals surface area contributed by atoms with Gasteiger partial charge in [-0.05, 0) is 57.4 Å². The van der Waals surface area contributed by atoms with Crippen LogP contribution in [0, 0.1) is 5.92 Å². The standard InChI is InChI=1S/C13H20O/c1-11(2)4-3-5-12-6-8-13(10-14)9-7-12/h4,8,10,12H,3,5-7,9H2,1-2H3/t12-/m1/s1. The van der Waals surface area contributed by atoms with Gasteiger partial charge in [-0.15, -0.1) is 0 Å². The van der Waals surface area contributed by atoms with Gasteiger partial charge < -0.3 is 0 Å². The fourth-order valence-corrected chi connectivity index (χ4v) is 1.89. The van der Waals surface area contributed by atoms with Crippen LogP contribution in [0.25, 0.3) is 0 Å². The Morgan fingerprint density at radius 1 is 1.57 bits per heavy atom. The van der Waals surface area contributed by atoms with Crippen LogP contribution in [0.3, 0.4) is 0 Å². The third-order valence-corrected chi connectivity index (χ3v) is 2.83. The molecule has 0 fully saturated rings. The second-order valence-electron chi connectivity index (χ2n) is 4.40. The Kier molecular flexibility index (Phi) is 4.64. The smallest absolute Gasteiger partial charge is 0.145 e. The highest BCUT2D eigenvalue weighted by molar-refractivity contribution is 5.73. The van der Waals surface area contributed by atoms with E-state index in [1.165, 1.54) is 24.8 Å². The van der Waals surface area contributed by atoms with Crippen LogP contribution in [0.15, 0.2) is 23.3 Å². The predicted octanol–water partition coefficient (Wildman–Crippen LogP) is 3.66. The molecule has 0 aliphatic heterocycles. The first kappa shape index (κ1) is 11.2. The first-order chi connectivity index (χ1) is 6.72. The number of carbonyl (C=O) groups is 1. The molecule has 1 atom stereocenters. The first-order valence-electron chi connectivity index (χ1n) is 5.50. The van der Waals surface area contributed by atoms with E-state index in [0.717, 1.165) is 30.6 Å².